The van der Waals surface area contributed by atoms with Crippen LogP contribution >= 0.6 is 0 Å². The Morgan fingerprint density at radius 2 is 1.62 bits per heavy atom. The fourth-order valence-corrected chi connectivity index (χ4v) is 4.01. The summed E-state index contributed by atoms with van der Waals surface area (Å²) in [5.74, 6) is 0.831. The minimum absolute atomic E-state index is 0.0749. The standard InChI is InChI=1S/C24H25N7O/c1-16-4-8-20(9-5-16)31-23-21(27-28-31)22(25-15-26-23)29-10-12-30(13-11-29)24(32)19-7-6-17(2)18(3)14-19/h4-9,14-15H,10-13H2,1-3H3. The molecule has 5 rings (SSSR count). The van der Waals surface area contributed by atoms with E-state index in [-0.39, 0.29) is 5.91 Å². The zero-order chi connectivity index (χ0) is 22.2. The van der Waals surface area contributed by atoms with Crippen LogP contribution in [0.1, 0.15) is 27.0 Å². The number of piperazine rings is 1. The van der Waals surface area contributed by atoms with E-state index in [0.717, 1.165) is 22.6 Å². The van der Waals surface area contributed by atoms with Gasteiger partial charge in [-0.05, 0) is 56.2 Å². The molecule has 0 spiro atoms. The van der Waals surface area contributed by atoms with E-state index in [1.54, 1.807) is 11.0 Å². The molecule has 1 aliphatic heterocycles. The second-order valence-electron chi connectivity index (χ2n) is 8.28. The van der Waals surface area contributed by atoms with Gasteiger partial charge in [-0.15, -0.1) is 5.10 Å². The number of rotatable bonds is 3. The monoisotopic (exact) mass is 427 g/mol. The highest BCUT2D eigenvalue weighted by Crippen LogP contribution is 2.24. The fourth-order valence-electron chi connectivity index (χ4n) is 4.01. The van der Waals surface area contributed by atoms with Gasteiger partial charge in [0.15, 0.2) is 17.0 Å². The van der Waals surface area contributed by atoms with E-state index < -0.39 is 0 Å². The normalized spacial score (nSPS) is 14.2. The number of fused-ring (bicyclic) bond motifs is 1. The van der Waals surface area contributed by atoms with Crippen molar-refractivity contribution in [3.05, 3.63) is 71.0 Å². The number of carbonyl (C=O) groups excluding carboxylic acids is 1. The van der Waals surface area contributed by atoms with Crippen molar-refractivity contribution < 1.29 is 4.79 Å². The molecule has 3 heterocycles. The van der Waals surface area contributed by atoms with Crippen molar-refractivity contribution in [3.8, 4) is 5.69 Å². The number of hydrogen-bond acceptors (Lipinski definition) is 6. The van der Waals surface area contributed by atoms with E-state index >= 15 is 0 Å². The van der Waals surface area contributed by atoms with Gasteiger partial charge in [0.05, 0.1) is 5.69 Å². The van der Waals surface area contributed by atoms with Gasteiger partial charge in [-0.25, -0.2) is 9.97 Å². The summed E-state index contributed by atoms with van der Waals surface area (Å²) in [5.41, 5.74) is 6.50. The van der Waals surface area contributed by atoms with Crippen molar-refractivity contribution in [2.45, 2.75) is 20.8 Å². The second kappa shape index (κ2) is 8.03. The largest absolute Gasteiger partial charge is 0.351 e. The second-order valence-corrected chi connectivity index (χ2v) is 8.28. The third-order valence-electron chi connectivity index (χ3n) is 6.12. The molecule has 0 bridgehead atoms. The SMILES string of the molecule is Cc1ccc(-n2nnc3c(N4CCN(C(=O)c5ccc(C)c(C)c5)CC4)ncnc32)cc1. The van der Waals surface area contributed by atoms with Gasteiger partial charge in [0.25, 0.3) is 5.91 Å². The first kappa shape index (κ1) is 20.1. The van der Waals surface area contributed by atoms with Crippen LogP contribution in [-0.2, 0) is 0 Å². The molecule has 8 heteroatoms. The third kappa shape index (κ3) is 3.57. The summed E-state index contributed by atoms with van der Waals surface area (Å²) >= 11 is 0. The van der Waals surface area contributed by atoms with Crippen molar-refractivity contribution >= 4 is 22.9 Å². The molecule has 0 atom stereocenters. The van der Waals surface area contributed by atoms with Gasteiger partial charge in [-0.1, -0.05) is 29.0 Å². The molecule has 0 N–H and O–H groups in total. The molecule has 32 heavy (non-hydrogen) atoms. The van der Waals surface area contributed by atoms with Gasteiger partial charge in [0, 0.05) is 31.7 Å². The maximum Gasteiger partial charge on any atom is 0.253 e. The average Bonchev–Trinajstić information content (AvgIpc) is 3.25. The molecule has 162 valence electrons. The van der Waals surface area contributed by atoms with Crippen LogP contribution in [0.15, 0.2) is 48.8 Å². The highest BCUT2D eigenvalue weighted by molar-refractivity contribution is 5.94. The predicted molar refractivity (Wildman–Crippen MR) is 123 cm³/mol. The van der Waals surface area contributed by atoms with Crippen LogP contribution in [0.25, 0.3) is 16.9 Å². The molecule has 2 aromatic heterocycles. The van der Waals surface area contributed by atoms with Crippen LogP contribution in [0.2, 0.25) is 0 Å². The first-order valence-electron chi connectivity index (χ1n) is 10.8. The lowest BCUT2D eigenvalue weighted by atomic mass is 10.1. The molecule has 1 amide bonds. The van der Waals surface area contributed by atoms with Gasteiger partial charge < -0.3 is 9.80 Å². The first-order chi connectivity index (χ1) is 15.5. The highest BCUT2D eigenvalue weighted by atomic mass is 16.2. The first-order valence-corrected chi connectivity index (χ1v) is 10.8. The van der Waals surface area contributed by atoms with Crippen molar-refractivity contribution in [3.63, 3.8) is 0 Å². The van der Waals surface area contributed by atoms with Crippen molar-refractivity contribution in [1.82, 2.24) is 29.9 Å². The summed E-state index contributed by atoms with van der Waals surface area (Å²) in [5, 5.41) is 8.70. The maximum absolute atomic E-state index is 13.0. The Labute approximate surface area is 186 Å². The van der Waals surface area contributed by atoms with Crippen LogP contribution in [0.4, 0.5) is 5.82 Å². The summed E-state index contributed by atoms with van der Waals surface area (Å²) in [6.07, 6.45) is 1.55. The molecule has 1 saturated heterocycles. The van der Waals surface area contributed by atoms with Crippen molar-refractivity contribution in [2.24, 2.45) is 0 Å². The van der Waals surface area contributed by atoms with E-state index in [4.69, 9.17) is 0 Å². The minimum atomic E-state index is 0.0749. The van der Waals surface area contributed by atoms with Crippen LogP contribution in [0.3, 0.4) is 0 Å². The number of carbonyl (C=O) groups is 1. The Morgan fingerprint density at radius 3 is 2.34 bits per heavy atom. The quantitative estimate of drug-likeness (QED) is 0.500. The molecule has 2 aromatic carbocycles. The smallest absolute Gasteiger partial charge is 0.253 e. The van der Waals surface area contributed by atoms with Crippen LogP contribution in [0, 0.1) is 20.8 Å². The average molecular weight is 428 g/mol. The summed E-state index contributed by atoms with van der Waals surface area (Å²) in [4.78, 5) is 25.9. The molecule has 4 aromatic rings. The van der Waals surface area contributed by atoms with Gasteiger partial charge in [0.1, 0.15) is 6.33 Å². The maximum atomic E-state index is 13.0. The lowest BCUT2D eigenvalue weighted by Gasteiger charge is -2.35. The van der Waals surface area contributed by atoms with Gasteiger partial charge in [0.2, 0.25) is 0 Å². The number of aromatic nitrogens is 5. The van der Waals surface area contributed by atoms with E-state index in [1.165, 1.54) is 11.1 Å². The van der Waals surface area contributed by atoms with Gasteiger partial charge in [-0.3, -0.25) is 4.79 Å². The number of benzene rings is 2. The number of aryl methyl sites for hydroxylation is 3. The molecule has 1 fully saturated rings. The van der Waals surface area contributed by atoms with E-state index in [0.29, 0.717) is 37.3 Å². The minimum Gasteiger partial charge on any atom is -0.351 e. The molecule has 1 aliphatic rings. The summed E-state index contributed by atoms with van der Waals surface area (Å²) < 4.78 is 1.74. The van der Waals surface area contributed by atoms with Crippen molar-refractivity contribution in [2.75, 3.05) is 31.1 Å². The zero-order valence-electron chi connectivity index (χ0n) is 18.5. The lowest BCUT2D eigenvalue weighted by molar-refractivity contribution is 0.0746. The Balaban J connectivity index is 1.35. The number of hydrogen-bond donors (Lipinski definition) is 0. The molecule has 0 radical (unpaired) electrons. The van der Waals surface area contributed by atoms with E-state index in [1.807, 2.05) is 61.2 Å². The molecule has 0 saturated carbocycles. The zero-order valence-corrected chi connectivity index (χ0v) is 18.5. The van der Waals surface area contributed by atoms with Crippen LogP contribution in [0.5, 0.6) is 0 Å². The Bertz CT molecular complexity index is 1290. The predicted octanol–water partition coefficient (Wildman–Crippen LogP) is 3.10. The molecule has 8 nitrogen and oxygen atoms in total. The van der Waals surface area contributed by atoms with E-state index in [9.17, 15) is 4.79 Å². The fraction of sp³-hybridized carbons (Fsp3) is 0.292. The Kier molecular flexibility index (Phi) is 5.05. The topological polar surface area (TPSA) is 80.0 Å². The highest BCUT2D eigenvalue weighted by Gasteiger charge is 2.25. The van der Waals surface area contributed by atoms with Gasteiger partial charge >= 0.3 is 0 Å². The molecular formula is C24H25N7O. The van der Waals surface area contributed by atoms with Gasteiger partial charge in [-0.2, -0.15) is 4.68 Å². The Hall–Kier alpha value is -3.81. The molecule has 0 aliphatic carbocycles. The lowest BCUT2D eigenvalue weighted by Crippen LogP contribution is -2.49. The number of amides is 1. The summed E-state index contributed by atoms with van der Waals surface area (Å²) in [6, 6.07) is 14.0. The van der Waals surface area contributed by atoms with Crippen molar-refractivity contribution in [1.29, 1.82) is 0 Å². The van der Waals surface area contributed by atoms with E-state index in [2.05, 4.69) is 32.1 Å². The third-order valence-corrected chi connectivity index (χ3v) is 6.12. The Morgan fingerprint density at radius 1 is 0.875 bits per heavy atom. The molecular weight excluding hydrogens is 402 g/mol. The van der Waals surface area contributed by atoms with Crippen LogP contribution < -0.4 is 4.90 Å². The molecule has 0 unspecified atom stereocenters. The number of anilines is 1. The summed E-state index contributed by atoms with van der Waals surface area (Å²) in [6.45, 7) is 8.76. The summed E-state index contributed by atoms with van der Waals surface area (Å²) in [7, 11) is 0. The van der Waals surface area contributed by atoms with Crippen LogP contribution in [-0.4, -0.2) is 61.9 Å². The number of nitrogens with zero attached hydrogens (tertiary/aromatic N) is 7.